The van der Waals surface area contributed by atoms with Gasteiger partial charge in [0.25, 0.3) is 0 Å². The molecule has 0 bridgehead atoms. The fourth-order valence-corrected chi connectivity index (χ4v) is 2.39. The van der Waals surface area contributed by atoms with Gasteiger partial charge >= 0.3 is 0 Å². The van der Waals surface area contributed by atoms with Crippen molar-refractivity contribution in [3.63, 3.8) is 0 Å². The summed E-state index contributed by atoms with van der Waals surface area (Å²) in [6.07, 6.45) is 2.51. The van der Waals surface area contributed by atoms with Crippen molar-refractivity contribution in [2.75, 3.05) is 6.54 Å². The van der Waals surface area contributed by atoms with Crippen LogP contribution in [0.15, 0.2) is 16.6 Å². The van der Waals surface area contributed by atoms with E-state index in [0.29, 0.717) is 6.04 Å². The van der Waals surface area contributed by atoms with E-state index in [0.717, 1.165) is 12.3 Å². The van der Waals surface area contributed by atoms with Crippen molar-refractivity contribution in [3.8, 4) is 5.75 Å². The second-order valence-electron chi connectivity index (χ2n) is 5.22. The van der Waals surface area contributed by atoms with E-state index >= 15 is 0 Å². The highest BCUT2D eigenvalue weighted by Gasteiger charge is 2.09. The van der Waals surface area contributed by atoms with Crippen LogP contribution in [-0.2, 0) is 0 Å². The number of hydrogen-bond donors (Lipinski definition) is 1. The number of hydrogen-bond acceptors (Lipinski definition) is 2. The van der Waals surface area contributed by atoms with E-state index in [1.807, 2.05) is 0 Å². The molecule has 1 aromatic rings. The van der Waals surface area contributed by atoms with Crippen molar-refractivity contribution in [2.45, 2.75) is 59.6 Å². The van der Waals surface area contributed by atoms with E-state index in [2.05, 4.69) is 68.0 Å². The van der Waals surface area contributed by atoms with E-state index in [9.17, 15) is 0 Å². The third kappa shape index (κ3) is 5.15. The molecule has 1 N–H and O–H groups in total. The van der Waals surface area contributed by atoms with Gasteiger partial charge in [0.1, 0.15) is 11.9 Å². The molecule has 1 aromatic carbocycles. The summed E-state index contributed by atoms with van der Waals surface area (Å²) in [5.74, 6) is 0.956. The molecular weight excluding hydrogens is 302 g/mol. The molecule has 108 valence electrons. The van der Waals surface area contributed by atoms with E-state index < -0.39 is 0 Å². The van der Waals surface area contributed by atoms with Gasteiger partial charge in [-0.3, -0.25) is 0 Å². The number of aryl methyl sites for hydroxylation is 2. The number of halogens is 1. The van der Waals surface area contributed by atoms with Crippen LogP contribution in [0, 0.1) is 13.8 Å². The predicted octanol–water partition coefficient (Wildman–Crippen LogP) is 4.61. The lowest BCUT2D eigenvalue weighted by molar-refractivity contribution is 0.210. The molecule has 0 amide bonds. The van der Waals surface area contributed by atoms with E-state index in [1.54, 1.807) is 0 Å². The van der Waals surface area contributed by atoms with Gasteiger partial charge in [-0.25, -0.2) is 0 Å². The highest BCUT2D eigenvalue weighted by molar-refractivity contribution is 9.10. The smallest absolute Gasteiger partial charge is 0.120 e. The highest BCUT2D eigenvalue weighted by atomic mass is 79.9. The zero-order valence-electron chi connectivity index (χ0n) is 12.7. The van der Waals surface area contributed by atoms with Gasteiger partial charge in [0.2, 0.25) is 0 Å². The number of rotatable bonds is 7. The zero-order valence-corrected chi connectivity index (χ0v) is 14.3. The average Bonchev–Trinajstić information content (AvgIpc) is 2.37. The maximum Gasteiger partial charge on any atom is 0.120 e. The molecule has 0 aromatic heterocycles. The van der Waals surface area contributed by atoms with Crippen LogP contribution < -0.4 is 10.1 Å². The average molecular weight is 328 g/mol. The molecule has 0 heterocycles. The van der Waals surface area contributed by atoms with Gasteiger partial charge in [-0.2, -0.15) is 0 Å². The van der Waals surface area contributed by atoms with E-state index in [4.69, 9.17) is 4.74 Å². The predicted molar refractivity (Wildman–Crippen MR) is 86.1 cm³/mol. The lowest BCUT2D eigenvalue weighted by Crippen LogP contribution is -2.36. The lowest BCUT2D eigenvalue weighted by atomic mass is 10.1. The van der Waals surface area contributed by atoms with Crippen molar-refractivity contribution in [1.29, 1.82) is 0 Å². The van der Waals surface area contributed by atoms with Gasteiger partial charge < -0.3 is 10.1 Å². The summed E-state index contributed by atoms with van der Waals surface area (Å²) in [5, 5.41) is 3.55. The Balaban J connectivity index is 2.55. The summed E-state index contributed by atoms with van der Waals surface area (Å²) in [7, 11) is 0. The molecule has 0 spiro atoms. The summed E-state index contributed by atoms with van der Waals surface area (Å²) >= 11 is 3.58. The number of benzene rings is 1. The van der Waals surface area contributed by atoms with E-state index in [1.165, 1.54) is 28.4 Å². The number of ether oxygens (including phenoxy) is 1. The van der Waals surface area contributed by atoms with Crippen molar-refractivity contribution in [2.24, 2.45) is 0 Å². The monoisotopic (exact) mass is 327 g/mol. The van der Waals surface area contributed by atoms with Gasteiger partial charge in [-0.05, 0) is 56.9 Å². The Morgan fingerprint density at radius 1 is 1.16 bits per heavy atom. The summed E-state index contributed by atoms with van der Waals surface area (Å²) in [5.41, 5.74) is 2.44. The van der Waals surface area contributed by atoms with Gasteiger partial charge in [0.05, 0.1) is 0 Å². The summed E-state index contributed by atoms with van der Waals surface area (Å²) in [6.45, 7) is 11.6. The van der Waals surface area contributed by atoms with E-state index in [-0.39, 0.29) is 6.10 Å². The van der Waals surface area contributed by atoms with Gasteiger partial charge in [0.15, 0.2) is 0 Å². The Morgan fingerprint density at radius 2 is 1.68 bits per heavy atom. The molecule has 0 aliphatic carbocycles. The standard InChI is InChI=1S/C16H26BrNO/c1-6-14(7-2)18-10-13(5)19-15-8-11(3)16(17)12(4)9-15/h8-9,13-14,18H,6-7,10H2,1-5H3. The Bertz CT molecular complexity index is 379. The topological polar surface area (TPSA) is 21.3 Å². The van der Waals surface area contributed by atoms with Crippen molar-refractivity contribution in [1.82, 2.24) is 5.32 Å². The SMILES string of the molecule is CCC(CC)NCC(C)Oc1cc(C)c(Br)c(C)c1. The Morgan fingerprint density at radius 3 is 2.16 bits per heavy atom. The number of nitrogens with one attached hydrogen (secondary N) is 1. The van der Waals surface area contributed by atoms with Crippen LogP contribution in [0.2, 0.25) is 0 Å². The molecule has 0 radical (unpaired) electrons. The first-order valence-electron chi connectivity index (χ1n) is 7.14. The van der Waals surface area contributed by atoms with Crippen LogP contribution in [-0.4, -0.2) is 18.7 Å². The first-order chi connectivity index (χ1) is 8.97. The molecule has 1 rings (SSSR count). The minimum atomic E-state index is 0.181. The molecule has 0 aliphatic rings. The molecule has 1 unspecified atom stereocenters. The highest BCUT2D eigenvalue weighted by Crippen LogP contribution is 2.26. The lowest BCUT2D eigenvalue weighted by Gasteiger charge is -2.20. The molecule has 0 saturated carbocycles. The first-order valence-corrected chi connectivity index (χ1v) is 7.94. The van der Waals surface area contributed by atoms with Crippen LogP contribution in [0.25, 0.3) is 0 Å². The molecule has 1 atom stereocenters. The van der Waals surface area contributed by atoms with Crippen molar-refractivity contribution < 1.29 is 4.74 Å². The van der Waals surface area contributed by atoms with Crippen LogP contribution >= 0.6 is 15.9 Å². The minimum absolute atomic E-state index is 0.181. The third-order valence-corrected chi connectivity index (χ3v) is 4.68. The molecular formula is C16H26BrNO. The molecule has 2 nitrogen and oxygen atoms in total. The summed E-state index contributed by atoms with van der Waals surface area (Å²) in [4.78, 5) is 0. The molecule has 3 heteroatoms. The van der Waals surface area contributed by atoms with Gasteiger partial charge in [0, 0.05) is 17.1 Å². The maximum atomic E-state index is 5.99. The quantitative estimate of drug-likeness (QED) is 0.789. The normalized spacial score (nSPS) is 12.8. The van der Waals surface area contributed by atoms with Crippen LogP contribution in [0.1, 0.15) is 44.7 Å². The minimum Gasteiger partial charge on any atom is -0.489 e. The largest absolute Gasteiger partial charge is 0.489 e. The van der Waals surface area contributed by atoms with Crippen LogP contribution in [0.3, 0.4) is 0 Å². The molecule has 0 fully saturated rings. The third-order valence-electron chi connectivity index (χ3n) is 3.43. The molecule has 19 heavy (non-hydrogen) atoms. The van der Waals surface area contributed by atoms with Crippen molar-refractivity contribution >= 4 is 15.9 Å². The fourth-order valence-electron chi connectivity index (χ4n) is 2.16. The molecule has 0 aliphatic heterocycles. The van der Waals surface area contributed by atoms with Crippen LogP contribution in [0.5, 0.6) is 5.75 Å². The Kier molecular flexibility index (Phi) is 6.87. The second kappa shape index (κ2) is 7.91. The maximum absolute atomic E-state index is 5.99. The van der Waals surface area contributed by atoms with Crippen molar-refractivity contribution in [3.05, 3.63) is 27.7 Å². The van der Waals surface area contributed by atoms with Crippen LogP contribution in [0.4, 0.5) is 0 Å². The van der Waals surface area contributed by atoms with Gasteiger partial charge in [-0.15, -0.1) is 0 Å². The molecule has 0 saturated heterocycles. The first kappa shape index (κ1) is 16.5. The second-order valence-corrected chi connectivity index (χ2v) is 6.01. The summed E-state index contributed by atoms with van der Waals surface area (Å²) in [6, 6.07) is 4.77. The Labute approximate surface area is 126 Å². The van der Waals surface area contributed by atoms with Gasteiger partial charge in [-0.1, -0.05) is 29.8 Å². The summed E-state index contributed by atoms with van der Waals surface area (Å²) < 4.78 is 7.16. The Hall–Kier alpha value is -0.540. The fraction of sp³-hybridized carbons (Fsp3) is 0.625. The zero-order chi connectivity index (χ0) is 14.4.